The number of fused-ring (bicyclic) bond motifs is 1. The van der Waals surface area contributed by atoms with Crippen LogP contribution in [0.25, 0.3) is 5.69 Å². The minimum Gasteiger partial charge on any atom is -0.486 e. The minimum atomic E-state index is -0.364. The van der Waals surface area contributed by atoms with Gasteiger partial charge in [0.1, 0.15) is 24.7 Å². The van der Waals surface area contributed by atoms with Crippen molar-refractivity contribution in [2.75, 3.05) is 44.3 Å². The minimum absolute atomic E-state index is 0.105. The van der Waals surface area contributed by atoms with Gasteiger partial charge in [0.25, 0.3) is 5.91 Å². The number of carbonyl (C=O) groups excluding carboxylic acids is 1. The summed E-state index contributed by atoms with van der Waals surface area (Å²) in [7, 11) is 0. The highest BCUT2D eigenvalue weighted by Crippen LogP contribution is 2.34. The zero-order valence-corrected chi connectivity index (χ0v) is 17.3. The van der Waals surface area contributed by atoms with E-state index in [1.807, 2.05) is 30.0 Å². The third-order valence-electron chi connectivity index (χ3n) is 5.56. The Morgan fingerprint density at radius 2 is 1.71 bits per heavy atom. The number of piperazine rings is 1. The maximum absolute atomic E-state index is 13.7. The highest BCUT2D eigenvalue weighted by atomic mass is 19.1. The van der Waals surface area contributed by atoms with Crippen molar-refractivity contribution in [2.24, 2.45) is 0 Å². The molecule has 2 aliphatic rings. The number of benzene rings is 2. The molecule has 8 heteroatoms. The lowest BCUT2D eigenvalue weighted by molar-refractivity contribution is 0.0737. The van der Waals surface area contributed by atoms with Gasteiger partial charge in [-0.05, 0) is 43.3 Å². The Kier molecular flexibility index (Phi) is 4.97. The molecule has 7 nitrogen and oxygen atoms in total. The number of anilines is 1. The van der Waals surface area contributed by atoms with Gasteiger partial charge < -0.3 is 19.3 Å². The second-order valence-corrected chi connectivity index (χ2v) is 7.67. The van der Waals surface area contributed by atoms with Crippen molar-refractivity contribution in [3.05, 3.63) is 65.7 Å². The number of nitrogens with zero attached hydrogens (tertiary/aromatic N) is 4. The zero-order valence-electron chi connectivity index (χ0n) is 17.3. The molecule has 1 fully saturated rings. The standard InChI is InChI=1S/C23H23FN4O3/c1-16-13-20(28(25-16)19-4-2-3-17(24)14-19)23(29)27-9-7-26(8-10-27)18-5-6-21-22(15-18)31-12-11-30-21/h2-6,13-15H,7-12H2,1H3. The Bertz CT molecular complexity index is 1120. The predicted octanol–water partition coefficient (Wildman–Crippen LogP) is 3.05. The first kappa shape index (κ1) is 19.4. The van der Waals surface area contributed by atoms with Gasteiger partial charge in [-0.3, -0.25) is 4.79 Å². The van der Waals surface area contributed by atoms with E-state index in [1.54, 1.807) is 18.2 Å². The van der Waals surface area contributed by atoms with Crippen LogP contribution in [0.15, 0.2) is 48.5 Å². The van der Waals surface area contributed by atoms with Crippen LogP contribution in [0.1, 0.15) is 16.2 Å². The van der Waals surface area contributed by atoms with E-state index in [9.17, 15) is 9.18 Å². The van der Waals surface area contributed by atoms with E-state index in [-0.39, 0.29) is 11.7 Å². The van der Waals surface area contributed by atoms with Gasteiger partial charge in [-0.2, -0.15) is 5.10 Å². The van der Waals surface area contributed by atoms with Gasteiger partial charge in [-0.15, -0.1) is 0 Å². The molecule has 0 bridgehead atoms. The first-order valence-electron chi connectivity index (χ1n) is 10.3. The number of carbonyl (C=O) groups is 1. The highest BCUT2D eigenvalue weighted by molar-refractivity contribution is 5.93. The average Bonchev–Trinajstić information content (AvgIpc) is 3.20. The summed E-state index contributed by atoms with van der Waals surface area (Å²) in [5.41, 5.74) is 2.74. The predicted molar refractivity (Wildman–Crippen MR) is 114 cm³/mol. The van der Waals surface area contributed by atoms with Crippen molar-refractivity contribution < 1.29 is 18.7 Å². The summed E-state index contributed by atoms with van der Waals surface area (Å²) >= 11 is 0. The molecule has 2 aromatic carbocycles. The summed E-state index contributed by atoms with van der Waals surface area (Å²) in [5.74, 6) is 1.06. The molecular formula is C23H23FN4O3. The van der Waals surface area contributed by atoms with Crippen LogP contribution in [0.3, 0.4) is 0 Å². The molecule has 3 heterocycles. The molecule has 0 N–H and O–H groups in total. The number of hydrogen-bond acceptors (Lipinski definition) is 5. The molecule has 0 atom stereocenters. The monoisotopic (exact) mass is 422 g/mol. The quantitative estimate of drug-likeness (QED) is 0.649. The number of amides is 1. The van der Waals surface area contributed by atoms with E-state index in [0.717, 1.165) is 17.2 Å². The van der Waals surface area contributed by atoms with Crippen LogP contribution >= 0.6 is 0 Å². The smallest absolute Gasteiger partial charge is 0.272 e. The van der Waals surface area contributed by atoms with Gasteiger partial charge in [0.2, 0.25) is 0 Å². The summed E-state index contributed by atoms with van der Waals surface area (Å²) in [5, 5.41) is 4.41. The molecule has 0 aliphatic carbocycles. The molecule has 0 spiro atoms. The van der Waals surface area contributed by atoms with E-state index < -0.39 is 0 Å². The summed E-state index contributed by atoms with van der Waals surface area (Å²) in [6.45, 7) is 5.53. The maximum Gasteiger partial charge on any atom is 0.272 e. The number of halogens is 1. The van der Waals surface area contributed by atoms with E-state index in [4.69, 9.17) is 9.47 Å². The van der Waals surface area contributed by atoms with Crippen molar-refractivity contribution in [3.63, 3.8) is 0 Å². The van der Waals surface area contributed by atoms with Gasteiger partial charge in [0.05, 0.1) is 11.4 Å². The lowest BCUT2D eigenvalue weighted by atomic mass is 10.2. The Balaban J connectivity index is 1.31. The Labute approximate surface area is 179 Å². The normalized spacial score (nSPS) is 15.8. The second-order valence-electron chi connectivity index (χ2n) is 7.67. The molecule has 3 aromatic rings. The van der Waals surface area contributed by atoms with Crippen molar-refractivity contribution in [1.82, 2.24) is 14.7 Å². The molecule has 1 amide bonds. The van der Waals surface area contributed by atoms with Crippen molar-refractivity contribution >= 4 is 11.6 Å². The molecular weight excluding hydrogens is 399 g/mol. The van der Waals surface area contributed by atoms with Crippen molar-refractivity contribution in [3.8, 4) is 17.2 Å². The molecule has 5 rings (SSSR count). The molecule has 31 heavy (non-hydrogen) atoms. The lowest BCUT2D eigenvalue weighted by Gasteiger charge is -2.36. The number of hydrogen-bond donors (Lipinski definition) is 0. The topological polar surface area (TPSA) is 59.8 Å². The van der Waals surface area contributed by atoms with Crippen molar-refractivity contribution in [2.45, 2.75) is 6.92 Å². The highest BCUT2D eigenvalue weighted by Gasteiger charge is 2.26. The third-order valence-corrected chi connectivity index (χ3v) is 5.56. The summed E-state index contributed by atoms with van der Waals surface area (Å²) < 4.78 is 26.5. The van der Waals surface area contributed by atoms with Gasteiger partial charge in [0, 0.05) is 37.9 Å². The fourth-order valence-corrected chi connectivity index (χ4v) is 4.01. The number of ether oxygens (including phenoxy) is 2. The van der Waals surface area contributed by atoms with Gasteiger partial charge in [-0.25, -0.2) is 9.07 Å². The summed E-state index contributed by atoms with van der Waals surface area (Å²) in [4.78, 5) is 17.3. The Morgan fingerprint density at radius 3 is 2.48 bits per heavy atom. The van der Waals surface area contributed by atoms with Gasteiger partial charge in [0.15, 0.2) is 11.5 Å². The lowest BCUT2D eigenvalue weighted by Crippen LogP contribution is -2.49. The molecule has 2 aliphatic heterocycles. The number of aromatic nitrogens is 2. The van der Waals surface area contributed by atoms with E-state index in [1.165, 1.54) is 16.8 Å². The third kappa shape index (κ3) is 3.81. The molecule has 0 saturated carbocycles. The molecule has 0 radical (unpaired) electrons. The van der Waals surface area contributed by atoms with Crippen LogP contribution in [0.2, 0.25) is 0 Å². The Morgan fingerprint density at radius 1 is 0.935 bits per heavy atom. The number of rotatable bonds is 3. The molecule has 0 unspecified atom stereocenters. The first-order valence-corrected chi connectivity index (χ1v) is 10.3. The molecule has 1 saturated heterocycles. The van der Waals surface area contributed by atoms with Crippen molar-refractivity contribution in [1.29, 1.82) is 0 Å². The van der Waals surface area contributed by atoms with E-state index in [2.05, 4.69) is 10.00 Å². The van der Waals surface area contributed by atoms with E-state index >= 15 is 0 Å². The fraction of sp³-hybridized carbons (Fsp3) is 0.304. The van der Waals surface area contributed by atoms with Gasteiger partial charge >= 0.3 is 0 Å². The summed E-state index contributed by atoms with van der Waals surface area (Å²) in [6.07, 6.45) is 0. The van der Waals surface area contributed by atoms with Crippen LogP contribution in [0.5, 0.6) is 11.5 Å². The van der Waals surface area contributed by atoms with Crippen LogP contribution < -0.4 is 14.4 Å². The average molecular weight is 422 g/mol. The second kappa shape index (κ2) is 7.94. The molecule has 160 valence electrons. The van der Waals surface area contributed by atoms with Crippen LogP contribution in [0, 0.1) is 12.7 Å². The SMILES string of the molecule is Cc1cc(C(=O)N2CCN(c3ccc4c(c3)OCCO4)CC2)n(-c2cccc(F)c2)n1. The molecule has 1 aromatic heterocycles. The van der Waals surface area contributed by atoms with E-state index in [0.29, 0.717) is 56.5 Å². The number of aryl methyl sites for hydroxylation is 1. The van der Waals surface area contributed by atoms with Crippen LogP contribution in [-0.2, 0) is 0 Å². The fourth-order valence-electron chi connectivity index (χ4n) is 4.01. The van der Waals surface area contributed by atoms with Crippen LogP contribution in [-0.4, -0.2) is 60.0 Å². The van der Waals surface area contributed by atoms with Gasteiger partial charge in [-0.1, -0.05) is 6.07 Å². The zero-order chi connectivity index (χ0) is 21.4. The Hall–Kier alpha value is -3.55. The van der Waals surface area contributed by atoms with Crippen LogP contribution in [0.4, 0.5) is 10.1 Å². The largest absolute Gasteiger partial charge is 0.486 e. The maximum atomic E-state index is 13.7. The summed E-state index contributed by atoms with van der Waals surface area (Å²) in [6, 6.07) is 13.8. The first-order chi connectivity index (χ1) is 15.1.